The Labute approximate surface area is 46.5 Å². The molecule has 0 saturated carbocycles. The number of hydrogen-bond acceptors (Lipinski definition) is 1. The first-order valence-corrected chi connectivity index (χ1v) is 7.10. The minimum Gasteiger partial charge on any atom is -0.345 e. The summed E-state index contributed by atoms with van der Waals surface area (Å²) in [7, 11) is 1.82. The topological polar surface area (TPSA) is 9.23 Å². The zero-order chi connectivity index (χ0) is 4.41. The predicted octanol–water partition coefficient (Wildman–Crippen LogP) is 1.23. The van der Waals surface area contributed by atoms with Gasteiger partial charge in [-0.15, -0.1) is 0 Å². The molecule has 1 aliphatic heterocycles. The van der Waals surface area contributed by atoms with Gasteiger partial charge in [0.05, 0.1) is 0 Å². The quantitative estimate of drug-likeness (QED) is 0.503. The highest BCUT2D eigenvalue weighted by Crippen LogP contribution is 2.72. The fourth-order valence-electron chi connectivity index (χ4n) is 0.273. The van der Waals surface area contributed by atoms with Crippen LogP contribution < -0.4 is 0 Å². The predicted molar refractivity (Wildman–Crippen MR) is 39.6 cm³/mol. The highest BCUT2D eigenvalue weighted by Gasteiger charge is 2.10. The summed E-state index contributed by atoms with van der Waals surface area (Å²) in [6.07, 6.45) is 0. The second-order valence-corrected chi connectivity index (χ2v) is 9.65. The van der Waals surface area contributed by atoms with Crippen molar-refractivity contribution in [3.05, 3.63) is 0 Å². The second-order valence-electron chi connectivity index (χ2n) is 0.970. The minimum absolute atomic E-state index is 0.160. The second kappa shape index (κ2) is 2.41. The molecule has 0 aromatic heterocycles. The summed E-state index contributed by atoms with van der Waals surface area (Å²) in [4.78, 5) is 0. The average Bonchev–Trinajstić information content (AvgIpc) is 1.31. The van der Waals surface area contributed by atoms with Crippen molar-refractivity contribution >= 4 is 29.3 Å². The molecule has 0 aliphatic carbocycles. The molecule has 1 aliphatic rings. The SMILES string of the molecule is COP1[SH2]C[SH2]1. The fraction of sp³-hybridized carbons (Fsp3) is 1.00. The third-order valence-corrected chi connectivity index (χ3v) is 11.3. The Morgan fingerprint density at radius 1 is 1.67 bits per heavy atom. The van der Waals surface area contributed by atoms with E-state index in [0.29, 0.717) is 0 Å². The van der Waals surface area contributed by atoms with E-state index in [1.165, 1.54) is 27.8 Å². The lowest BCUT2D eigenvalue weighted by atomic mass is 11.8. The molecule has 0 bridgehead atoms. The molecule has 0 atom stereocenters. The Bertz CT molecular complexity index is 44.1. The molecule has 0 aromatic rings. The smallest absolute Gasteiger partial charge is 0.106 e. The van der Waals surface area contributed by atoms with E-state index in [-0.39, 0.29) is 6.55 Å². The van der Waals surface area contributed by atoms with Crippen LogP contribution in [0.1, 0.15) is 0 Å². The van der Waals surface area contributed by atoms with Crippen molar-refractivity contribution in [2.24, 2.45) is 0 Å². The normalized spacial score (nSPS) is 45.8. The third-order valence-electron chi connectivity index (χ3n) is 0.628. The van der Waals surface area contributed by atoms with Crippen LogP contribution in [0.4, 0.5) is 0 Å². The van der Waals surface area contributed by atoms with Crippen molar-refractivity contribution in [2.75, 3.05) is 12.2 Å². The molecule has 4 heteroatoms. The van der Waals surface area contributed by atoms with Crippen LogP contribution in [0.2, 0.25) is 0 Å². The zero-order valence-corrected chi connectivity index (χ0v) is 6.46. The molecule has 6 heavy (non-hydrogen) atoms. The van der Waals surface area contributed by atoms with Crippen LogP contribution in [-0.4, -0.2) is 12.2 Å². The molecule has 0 N–H and O–H groups in total. The summed E-state index contributed by atoms with van der Waals surface area (Å²) in [6.45, 7) is 0.160. The standard InChI is InChI=1S/C2H9OPS2/c1-3-4-5-2-6-4/h2,5-6H2,1H3. The van der Waals surface area contributed by atoms with Gasteiger partial charge in [0.25, 0.3) is 0 Å². The maximum absolute atomic E-state index is 5.08. The molecule has 1 fully saturated rings. The van der Waals surface area contributed by atoms with Crippen LogP contribution in [-0.2, 0) is 4.52 Å². The maximum atomic E-state index is 5.08. The van der Waals surface area contributed by atoms with Crippen LogP contribution in [0.3, 0.4) is 0 Å². The van der Waals surface area contributed by atoms with Gasteiger partial charge in [-0.3, -0.25) is 0 Å². The molecular formula is C2H9OPS2. The lowest BCUT2D eigenvalue weighted by Gasteiger charge is -2.26. The molecular weight excluding hydrogens is 135 g/mol. The van der Waals surface area contributed by atoms with Crippen molar-refractivity contribution in [2.45, 2.75) is 0 Å². The van der Waals surface area contributed by atoms with Gasteiger partial charge in [0.15, 0.2) is 0 Å². The van der Waals surface area contributed by atoms with Gasteiger partial charge in [-0.05, 0) is 0 Å². The number of hydrogen-bond donors (Lipinski definition) is 0. The highest BCUT2D eigenvalue weighted by molar-refractivity contribution is 8.96. The van der Waals surface area contributed by atoms with Crippen LogP contribution in [0.15, 0.2) is 0 Å². The first-order chi connectivity index (χ1) is 2.93. The van der Waals surface area contributed by atoms with Gasteiger partial charge in [0.2, 0.25) is 0 Å². The van der Waals surface area contributed by atoms with Crippen molar-refractivity contribution < 1.29 is 4.52 Å². The first-order valence-electron chi connectivity index (χ1n) is 1.75. The molecule has 0 radical (unpaired) electrons. The van der Waals surface area contributed by atoms with E-state index < -0.39 is 0 Å². The summed E-state index contributed by atoms with van der Waals surface area (Å²) < 4.78 is 5.08. The minimum atomic E-state index is 0.160. The van der Waals surface area contributed by atoms with Gasteiger partial charge in [0, 0.05) is 12.2 Å². The van der Waals surface area contributed by atoms with Crippen LogP contribution >= 0.6 is 29.3 Å². The summed E-state index contributed by atoms with van der Waals surface area (Å²) in [5.74, 6) is 0. The highest BCUT2D eigenvalue weighted by atomic mass is 33.1. The van der Waals surface area contributed by atoms with Gasteiger partial charge < -0.3 is 4.52 Å². The van der Waals surface area contributed by atoms with Crippen molar-refractivity contribution in [3.8, 4) is 0 Å². The summed E-state index contributed by atoms with van der Waals surface area (Å²) >= 11 is 2.33. The molecule has 1 rings (SSSR count). The van der Waals surface area contributed by atoms with Crippen molar-refractivity contribution in [1.29, 1.82) is 0 Å². The van der Waals surface area contributed by atoms with E-state index in [9.17, 15) is 0 Å². The van der Waals surface area contributed by atoms with Crippen molar-refractivity contribution in [1.82, 2.24) is 0 Å². The van der Waals surface area contributed by atoms with Gasteiger partial charge in [-0.2, -0.15) is 0 Å². The van der Waals surface area contributed by atoms with E-state index >= 15 is 0 Å². The van der Waals surface area contributed by atoms with Gasteiger partial charge in [0.1, 0.15) is 6.55 Å². The molecule has 0 spiro atoms. The lowest BCUT2D eigenvalue weighted by molar-refractivity contribution is 0.481. The summed E-state index contributed by atoms with van der Waals surface area (Å²) in [5, 5.41) is 1.46. The van der Waals surface area contributed by atoms with E-state index in [1.807, 2.05) is 7.11 Å². The lowest BCUT2D eigenvalue weighted by Crippen LogP contribution is -1.78. The largest absolute Gasteiger partial charge is 0.345 e. The van der Waals surface area contributed by atoms with Gasteiger partial charge in [-0.25, -0.2) is 22.8 Å². The van der Waals surface area contributed by atoms with E-state index in [1.54, 1.807) is 0 Å². The molecule has 0 aromatic carbocycles. The summed E-state index contributed by atoms with van der Waals surface area (Å²) in [6, 6.07) is 0. The Hall–Kier alpha value is 1.09. The van der Waals surface area contributed by atoms with E-state index in [0.717, 1.165) is 0 Å². The maximum Gasteiger partial charge on any atom is 0.106 e. The first kappa shape index (κ1) is 5.23. The van der Waals surface area contributed by atoms with Gasteiger partial charge in [-0.1, -0.05) is 0 Å². The Balaban J connectivity index is 2.01. The molecule has 0 amide bonds. The van der Waals surface area contributed by atoms with Crippen LogP contribution in [0.5, 0.6) is 0 Å². The average molecular weight is 144 g/mol. The monoisotopic (exact) mass is 144 g/mol. The molecule has 40 valence electrons. The molecule has 1 nitrogen and oxygen atoms in total. The fourth-order valence-corrected chi connectivity index (χ4v) is 5.04. The van der Waals surface area contributed by atoms with E-state index in [4.69, 9.17) is 4.52 Å². The van der Waals surface area contributed by atoms with Crippen LogP contribution in [0.25, 0.3) is 0 Å². The van der Waals surface area contributed by atoms with Crippen LogP contribution in [0, 0.1) is 0 Å². The molecule has 1 saturated heterocycles. The third kappa shape index (κ3) is 1.03. The summed E-state index contributed by atoms with van der Waals surface area (Å²) in [5.41, 5.74) is 0. The Kier molecular flexibility index (Phi) is 2.10. The molecule has 1 heterocycles. The number of rotatable bonds is 1. The Morgan fingerprint density at radius 2 is 2.33 bits per heavy atom. The van der Waals surface area contributed by atoms with E-state index in [2.05, 4.69) is 0 Å². The van der Waals surface area contributed by atoms with Crippen molar-refractivity contribution in [3.63, 3.8) is 0 Å². The molecule has 0 unspecified atom stereocenters. The van der Waals surface area contributed by atoms with Gasteiger partial charge >= 0.3 is 0 Å². The zero-order valence-electron chi connectivity index (χ0n) is 3.56. The Morgan fingerprint density at radius 3 is 2.33 bits per heavy atom.